The number of pyridine rings is 1. The monoisotopic (exact) mass is 334 g/mol. The molecule has 0 aliphatic carbocycles. The van der Waals surface area contributed by atoms with Crippen LogP contribution in [0.5, 0.6) is 5.75 Å². The number of benzene rings is 1. The molecule has 1 N–H and O–H groups in total. The van der Waals surface area contributed by atoms with Gasteiger partial charge in [-0.25, -0.2) is 0 Å². The van der Waals surface area contributed by atoms with E-state index in [9.17, 15) is 0 Å². The van der Waals surface area contributed by atoms with Gasteiger partial charge >= 0.3 is 0 Å². The number of ether oxygens (including phenoxy) is 1. The fraction of sp³-hybridized carbons (Fsp3) is 0.312. The van der Waals surface area contributed by atoms with Gasteiger partial charge < -0.3 is 10.1 Å². The second-order valence-electron chi connectivity index (χ2n) is 4.85. The SMILES string of the molecule is CNC(C)c1cc(Br)ccc1OCc1cncc(C)c1. The van der Waals surface area contributed by atoms with E-state index in [0.717, 1.165) is 26.9 Å². The van der Waals surface area contributed by atoms with E-state index in [4.69, 9.17) is 4.74 Å². The van der Waals surface area contributed by atoms with E-state index in [1.54, 1.807) is 0 Å². The highest BCUT2D eigenvalue weighted by Crippen LogP contribution is 2.29. The molecule has 0 spiro atoms. The largest absolute Gasteiger partial charge is 0.489 e. The fourth-order valence-electron chi connectivity index (χ4n) is 2.00. The van der Waals surface area contributed by atoms with E-state index in [-0.39, 0.29) is 6.04 Å². The normalized spacial score (nSPS) is 12.2. The van der Waals surface area contributed by atoms with Crippen LogP contribution in [0.3, 0.4) is 0 Å². The lowest BCUT2D eigenvalue weighted by atomic mass is 10.1. The number of hydrogen-bond donors (Lipinski definition) is 1. The van der Waals surface area contributed by atoms with Gasteiger partial charge in [0.15, 0.2) is 0 Å². The predicted molar refractivity (Wildman–Crippen MR) is 84.9 cm³/mol. The first kappa shape index (κ1) is 15.0. The molecule has 4 heteroatoms. The molecule has 20 heavy (non-hydrogen) atoms. The zero-order valence-corrected chi connectivity index (χ0v) is 13.6. The predicted octanol–water partition coefficient (Wildman–Crippen LogP) is 4.01. The minimum Gasteiger partial charge on any atom is -0.489 e. The van der Waals surface area contributed by atoms with Gasteiger partial charge in [-0.05, 0) is 50.7 Å². The molecule has 0 fully saturated rings. The summed E-state index contributed by atoms with van der Waals surface area (Å²) in [4.78, 5) is 4.18. The Kier molecular flexibility index (Phi) is 5.15. The van der Waals surface area contributed by atoms with Gasteiger partial charge in [0.2, 0.25) is 0 Å². The summed E-state index contributed by atoms with van der Waals surface area (Å²) in [5, 5.41) is 3.24. The van der Waals surface area contributed by atoms with E-state index in [1.807, 2.05) is 38.5 Å². The Labute approximate surface area is 128 Å². The van der Waals surface area contributed by atoms with E-state index in [1.165, 1.54) is 0 Å². The Balaban J connectivity index is 2.16. The van der Waals surface area contributed by atoms with Crippen molar-refractivity contribution < 1.29 is 4.74 Å². The van der Waals surface area contributed by atoms with Gasteiger partial charge in [-0.3, -0.25) is 4.98 Å². The summed E-state index contributed by atoms with van der Waals surface area (Å²) in [7, 11) is 1.94. The summed E-state index contributed by atoms with van der Waals surface area (Å²) in [5.74, 6) is 0.900. The number of rotatable bonds is 5. The molecule has 0 aliphatic rings. The lowest BCUT2D eigenvalue weighted by Crippen LogP contribution is -2.13. The zero-order valence-electron chi connectivity index (χ0n) is 12.0. The Morgan fingerprint density at radius 3 is 2.80 bits per heavy atom. The number of hydrogen-bond acceptors (Lipinski definition) is 3. The van der Waals surface area contributed by atoms with Crippen molar-refractivity contribution in [3.05, 3.63) is 57.8 Å². The van der Waals surface area contributed by atoms with Crippen LogP contribution >= 0.6 is 15.9 Å². The third kappa shape index (κ3) is 3.81. The van der Waals surface area contributed by atoms with Gasteiger partial charge in [-0.1, -0.05) is 15.9 Å². The van der Waals surface area contributed by atoms with Crippen LogP contribution in [0, 0.1) is 6.92 Å². The Morgan fingerprint density at radius 1 is 1.30 bits per heavy atom. The molecule has 0 saturated carbocycles. The molecule has 0 saturated heterocycles. The first-order chi connectivity index (χ1) is 9.60. The number of nitrogens with one attached hydrogen (secondary N) is 1. The molecule has 106 valence electrons. The van der Waals surface area contributed by atoms with Crippen LogP contribution in [0.15, 0.2) is 41.1 Å². The molecule has 0 radical (unpaired) electrons. The molecule has 1 unspecified atom stereocenters. The zero-order chi connectivity index (χ0) is 14.5. The van der Waals surface area contributed by atoms with Crippen LogP contribution < -0.4 is 10.1 Å². The second-order valence-corrected chi connectivity index (χ2v) is 5.77. The van der Waals surface area contributed by atoms with Crippen LogP contribution in [0.25, 0.3) is 0 Å². The molecule has 1 aromatic heterocycles. The van der Waals surface area contributed by atoms with Crippen LogP contribution in [-0.4, -0.2) is 12.0 Å². The first-order valence-electron chi connectivity index (χ1n) is 6.60. The summed E-state index contributed by atoms with van der Waals surface area (Å²) in [6.07, 6.45) is 3.69. The maximum absolute atomic E-state index is 5.96. The van der Waals surface area contributed by atoms with Crippen molar-refractivity contribution in [2.45, 2.75) is 26.5 Å². The van der Waals surface area contributed by atoms with Gasteiger partial charge in [-0.2, -0.15) is 0 Å². The molecule has 3 nitrogen and oxygen atoms in total. The first-order valence-corrected chi connectivity index (χ1v) is 7.39. The van der Waals surface area contributed by atoms with Crippen molar-refractivity contribution in [3.8, 4) is 5.75 Å². The number of nitrogens with zero attached hydrogens (tertiary/aromatic N) is 1. The fourth-order valence-corrected chi connectivity index (χ4v) is 2.38. The van der Waals surface area contributed by atoms with Crippen molar-refractivity contribution in [3.63, 3.8) is 0 Å². The van der Waals surface area contributed by atoms with Crippen molar-refractivity contribution in [2.75, 3.05) is 7.05 Å². The molecule has 1 heterocycles. The number of halogens is 1. The van der Waals surface area contributed by atoms with Crippen molar-refractivity contribution in [1.29, 1.82) is 0 Å². The van der Waals surface area contributed by atoms with E-state index < -0.39 is 0 Å². The van der Waals surface area contributed by atoms with Crippen molar-refractivity contribution in [1.82, 2.24) is 10.3 Å². The topological polar surface area (TPSA) is 34.1 Å². The summed E-state index contributed by atoms with van der Waals surface area (Å²) >= 11 is 3.51. The van der Waals surface area contributed by atoms with Crippen LogP contribution in [0.1, 0.15) is 29.7 Å². The lowest BCUT2D eigenvalue weighted by Gasteiger charge is -2.17. The number of aromatic nitrogens is 1. The van der Waals surface area contributed by atoms with Crippen molar-refractivity contribution in [2.24, 2.45) is 0 Å². The Morgan fingerprint density at radius 2 is 2.10 bits per heavy atom. The molecule has 2 rings (SSSR count). The van der Waals surface area contributed by atoms with Gasteiger partial charge in [0.05, 0.1) is 0 Å². The standard InChI is InChI=1S/C16H19BrN2O/c1-11-6-13(9-19-8-11)10-20-16-5-4-14(17)7-15(16)12(2)18-3/h4-9,12,18H,10H2,1-3H3. The number of aryl methyl sites for hydroxylation is 1. The molecule has 0 aliphatic heterocycles. The average molecular weight is 335 g/mol. The molecule has 1 aromatic carbocycles. The van der Waals surface area contributed by atoms with E-state index >= 15 is 0 Å². The average Bonchev–Trinajstić information content (AvgIpc) is 2.45. The van der Waals surface area contributed by atoms with E-state index in [2.05, 4.69) is 45.3 Å². The maximum atomic E-state index is 5.96. The molecular weight excluding hydrogens is 316 g/mol. The van der Waals surface area contributed by atoms with Crippen molar-refractivity contribution >= 4 is 15.9 Å². The van der Waals surface area contributed by atoms with Crippen LogP contribution in [-0.2, 0) is 6.61 Å². The quantitative estimate of drug-likeness (QED) is 0.896. The summed E-state index contributed by atoms with van der Waals surface area (Å²) in [6, 6.07) is 8.41. The lowest BCUT2D eigenvalue weighted by molar-refractivity contribution is 0.299. The van der Waals surface area contributed by atoms with E-state index in [0.29, 0.717) is 6.61 Å². The highest BCUT2D eigenvalue weighted by atomic mass is 79.9. The highest BCUT2D eigenvalue weighted by molar-refractivity contribution is 9.10. The second kappa shape index (κ2) is 6.86. The molecule has 0 amide bonds. The van der Waals surface area contributed by atoms with Gasteiger partial charge in [0, 0.05) is 34.0 Å². The summed E-state index contributed by atoms with van der Waals surface area (Å²) in [5.41, 5.74) is 3.36. The third-order valence-electron chi connectivity index (χ3n) is 3.20. The molecule has 2 aromatic rings. The minimum absolute atomic E-state index is 0.234. The van der Waals surface area contributed by atoms with Gasteiger partial charge in [0.25, 0.3) is 0 Å². The third-order valence-corrected chi connectivity index (χ3v) is 3.69. The van der Waals surface area contributed by atoms with Gasteiger partial charge in [-0.15, -0.1) is 0 Å². The van der Waals surface area contributed by atoms with Crippen LogP contribution in [0.4, 0.5) is 0 Å². The minimum atomic E-state index is 0.234. The maximum Gasteiger partial charge on any atom is 0.124 e. The summed E-state index contributed by atoms with van der Waals surface area (Å²) < 4.78 is 7.01. The molecule has 0 bridgehead atoms. The molecule has 1 atom stereocenters. The van der Waals surface area contributed by atoms with Gasteiger partial charge in [0.1, 0.15) is 12.4 Å². The Hall–Kier alpha value is -1.39. The Bertz CT molecular complexity index is 586. The highest BCUT2D eigenvalue weighted by Gasteiger charge is 2.11. The summed E-state index contributed by atoms with van der Waals surface area (Å²) in [6.45, 7) is 4.67. The smallest absolute Gasteiger partial charge is 0.124 e. The van der Waals surface area contributed by atoms with Crippen LogP contribution in [0.2, 0.25) is 0 Å². The molecular formula is C16H19BrN2O.